The summed E-state index contributed by atoms with van der Waals surface area (Å²) >= 11 is 1.04. The molecule has 0 atom stereocenters. The maximum Gasteiger partial charge on any atom is 0.272 e. The van der Waals surface area contributed by atoms with Gasteiger partial charge in [0.25, 0.3) is 5.91 Å². The molecule has 0 radical (unpaired) electrons. The molecule has 8 heteroatoms. The van der Waals surface area contributed by atoms with Crippen molar-refractivity contribution in [2.24, 2.45) is 0 Å². The predicted molar refractivity (Wildman–Crippen MR) is 75.9 cm³/mol. The summed E-state index contributed by atoms with van der Waals surface area (Å²) in [5.74, 6) is -0.347. The highest BCUT2D eigenvalue weighted by molar-refractivity contribution is 8.19. The molecule has 1 amide bonds. The minimum Gasteiger partial charge on any atom is -0.378 e. The summed E-state index contributed by atoms with van der Waals surface area (Å²) < 4.78 is 4.46. The Hall–Kier alpha value is -2.61. The number of aromatic nitrogens is 2. The molecule has 20 heavy (non-hydrogen) atoms. The van der Waals surface area contributed by atoms with Gasteiger partial charge < -0.3 is 5.73 Å². The summed E-state index contributed by atoms with van der Waals surface area (Å²) in [6.07, 6.45) is 1.71. The second-order valence-electron chi connectivity index (χ2n) is 3.94. The second kappa shape index (κ2) is 4.82. The number of benzene rings is 1. The summed E-state index contributed by atoms with van der Waals surface area (Å²) in [6.45, 7) is 0. The average Bonchev–Trinajstić information content (AvgIpc) is 2.96. The lowest BCUT2D eigenvalue weighted by Crippen LogP contribution is -2.29. The first-order chi connectivity index (χ1) is 9.66. The Kier molecular flexibility index (Phi) is 2.99. The van der Waals surface area contributed by atoms with Gasteiger partial charge in [-0.1, -0.05) is 30.3 Å². The number of amidine groups is 1. The van der Waals surface area contributed by atoms with Crippen LogP contribution < -0.4 is 10.6 Å². The molecule has 100 valence electrons. The first-order valence-corrected chi connectivity index (χ1v) is 6.44. The lowest BCUT2D eigenvalue weighted by molar-refractivity contribution is -0.113. The molecule has 1 fully saturated rings. The maximum atomic E-state index is 12.3. The molecule has 0 unspecified atom stereocenters. The molecule has 1 aromatic carbocycles. The molecule has 1 aromatic heterocycles. The van der Waals surface area contributed by atoms with E-state index in [1.165, 1.54) is 0 Å². The van der Waals surface area contributed by atoms with Crippen LogP contribution in [-0.4, -0.2) is 21.4 Å². The van der Waals surface area contributed by atoms with Crippen LogP contribution in [0, 0.1) is 5.41 Å². The minimum absolute atomic E-state index is 0.0135. The number of hydrogen-bond donors (Lipinski definition) is 2. The zero-order valence-electron chi connectivity index (χ0n) is 10.1. The molecule has 3 N–H and O–H groups in total. The smallest absolute Gasteiger partial charge is 0.272 e. The van der Waals surface area contributed by atoms with E-state index in [2.05, 4.69) is 14.9 Å². The van der Waals surface area contributed by atoms with Crippen LogP contribution in [-0.2, 0) is 4.79 Å². The number of hydrogen-bond acceptors (Lipinski definition) is 7. The van der Waals surface area contributed by atoms with Crippen LogP contribution in [0.2, 0.25) is 0 Å². The summed E-state index contributed by atoms with van der Waals surface area (Å²) in [6, 6.07) is 9.39. The van der Waals surface area contributed by atoms with Crippen molar-refractivity contribution in [3.05, 3.63) is 40.8 Å². The molecular formula is C12H9N5O2S. The lowest BCUT2D eigenvalue weighted by atomic mass is 10.2. The van der Waals surface area contributed by atoms with E-state index in [0.717, 1.165) is 22.2 Å². The van der Waals surface area contributed by atoms with Gasteiger partial charge in [0.1, 0.15) is 0 Å². The third-order valence-corrected chi connectivity index (χ3v) is 3.52. The van der Waals surface area contributed by atoms with Crippen LogP contribution >= 0.6 is 11.8 Å². The van der Waals surface area contributed by atoms with E-state index < -0.39 is 0 Å². The van der Waals surface area contributed by atoms with Crippen molar-refractivity contribution in [1.82, 2.24) is 10.3 Å². The Morgan fingerprint density at radius 3 is 2.70 bits per heavy atom. The van der Waals surface area contributed by atoms with Crippen LogP contribution in [0.3, 0.4) is 0 Å². The summed E-state index contributed by atoms with van der Waals surface area (Å²) in [5.41, 5.74) is 6.44. The number of carbonyl (C=O) groups excluding carboxylic acids is 1. The average molecular weight is 287 g/mol. The van der Waals surface area contributed by atoms with Gasteiger partial charge in [0.15, 0.2) is 5.17 Å². The van der Waals surface area contributed by atoms with Crippen molar-refractivity contribution >= 4 is 40.5 Å². The van der Waals surface area contributed by atoms with Crippen LogP contribution in [0.25, 0.3) is 6.08 Å². The highest BCUT2D eigenvalue weighted by Gasteiger charge is 2.37. The number of amides is 1. The topological polar surface area (TPSA) is 109 Å². The monoisotopic (exact) mass is 287 g/mol. The van der Waals surface area contributed by atoms with Crippen molar-refractivity contribution in [2.45, 2.75) is 0 Å². The van der Waals surface area contributed by atoms with Gasteiger partial charge in [-0.3, -0.25) is 10.2 Å². The fraction of sp³-hybridized carbons (Fsp3) is 0. The number of rotatable bonds is 2. The Bertz CT molecular complexity index is 710. The second-order valence-corrected chi connectivity index (χ2v) is 4.97. The molecule has 0 aliphatic carbocycles. The number of nitrogens with two attached hydrogens (primary N) is 1. The van der Waals surface area contributed by atoms with Crippen LogP contribution in [0.1, 0.15) is 5.56 Å². The number of carbonyl (C=O) groups is 1. The Morgan fingerprint density at radius 2 is 2.05 bits per heavy atom. The highest BCUT2D eigenvalue weighted by atomic mass is 32.2. The Labute approximate surface area is 117 Å². The molecule has 7 nitrogen and oxygen atoms in total. The highest BCUT2D eigenvalue weighted by Crippen LogP contribution is 2.35. The zero-order valence-corrected chi connectivity index (χ0v) is 10.9. The molecule has 2 heterocycles. The van der Waals surface area contributed by atoms with Crippen molar-refractivity contribution in [3.8, 4) is 0 Å². The number of thioether (sulfide) groups is 1. The normalized spacial score (nSPS) is 17.2. The van der Waals surface area contributed by atoms with Crippen LogP contribution in [0.4, 0.5) is 11.6 Å². The first-order valence-electron chi connectivity index (χ1n) is 5.62. The number of anilines is 2. The van der Waals surface area contributed by atoms with Crippen LogP contribution in [0.5, 0.6) is 0 Å². The zero-order chi connectivity index (χ0) is 14.1. The van der Waals surface area contributed by atoms with E-state index in [4.69, 9.17) is 11.1 Å². The number of nitrogen functional groups attached to an aromatic ring is 1. The number of nitrogens with zero attached hydrogens (tertiary/aromatic N) is 3. The fourth-order valence-electron chi connectivity index (χ4n) is 1.73. The van der Waals surface area contributed by atoms with Crippen molar-refractivity contribution in [3.63, 3.8) is 0 Å². The summed E-state index contributed by atoms with van der Waals surface area (Å²) in [4.78, 5) is 13.8. The molecule has 0 bridgehead atoms. The molecular weight excluding hydrogens is 278 g/mol. The number of nitrogens with one attached hydrogen (secondary N) is 1. The summed E-state index contributed by atoms with van der Waals surface area (Å²) in [5, 5.41) is 14.8. The Morgan fingerprint density at radius 1 is 1.30 bits per heavy atom. The first kappa shape index (κ1) is 12.4. The van der Waals surface area contributed by atoms with Gasteiger partial charge in [-0.25, -0.2) is 9.53 Å². The molecule has 3 rings (SSSR count). The quantitative estimate of drug-likeness (QED) is 0.814. The summed E-state index contributed by atoms with van der Waals surface area (Å²) in [7, 11) is 0. The molecule has 0 spiro atoms. The van der Waals surface area contributed by atoms with Gasteiger partial charge in [-0.05, 0) is 33.7 Å². The Balaban J connectivity index is 1.95. The molecule has 2 aromatic rings. The van der Waals surface area contributed by atoms with E-state index in [9.17, 15) is 4.79 Å². The van der Waals surface area contributed by atoms with E-state index in [1.54, 1.807) is 6.08 Å². The lowest BCUT2D eigenvalue weighted by Gasteiger charge is -2.08. The van der Waals surface area contributed by atoms with Gasteiger partial charge >= 0.3 is 0 Å². The third kappa shape index (κ3) is 2.05. The van der Waals surface area contributed by atoms with Gasteiger partial charge in [-0.2, -0.15) is 0 Å². The standard InChI is InChI=1S/C12H9N5O2S/c13-9-10(16-19-15-9)17-11(18)8(20-12(17)14)6-7-4-2-1-3-5-7/h1-6,14H,(H2,13,15)/b8-6-,14-12?. The third-order valence-electron chi connectivity index (χ3n) is 2.63. The van der Waals surface area contributed by atoms with Crippen molar-refractivity contribution in [1.29, 1.82) is 5.41 Å². The van der Waals surface area contributed by atoms with E-state index in [1.807, 2.05) is 30.3 Å². The van der Waals surface area contributed by atoms with Gasteiger partial charge in [0.05, 0.1) is 4.91 Å². The van der Waals surface area contributed by atoms with E-state index >= 15 is 0 Å². The van der Waals surface area contributed by atoms with Crippen LogP contribution in [0.15, 0.2) is 39.9 Å². The van der Waals surface area contributed by atoms with Crippen molar-refractivity contribution in [2.75, 3.05) is 10.6 Å². The largest absolute Gasteiger partial charge is 0.378 e. The maximum absolute atomic E-state index is 12.3. The predicted octanol–water partition coefficient (Wildman–Crippen LogP) is 1.71. The molecule has 0 saturated carbocycles. The van der Waals surface area contributed by atoms with Crippen molar-refractivity contribution < 1.29 is 9.42 Å². The van der Waals surface area contributed by atoms with Gasteiger partial charge in [0.2, 0.25) is 11.6 Å². The van der Waals surface area contributed by atoms with Gasteiger partial charge in [0, 0.05) is 0 Å². The molecule has 1 saturated heterocycles. The molecule has 1 aliphatic heterocycles. The van der Waals surface area contributed by atoms with Gasteiger partial charge in [-0.15, -0.1) is 0 Å². The van der Waals surface area contributed by atoms with E-state index in [0.29, 0.717) is 4.91 Å². The molecule has 1 aliphatic rings. The fourth-order valence-corrected chi connectivity index (χ4v) is 2.57. The minimum atomic E-state index is -0.369. The SMILES string of the molecule is N=C1S/C(=C\c2ccccc2)C(=O)N1c1nonc1N. The van der Waals surface area contributed by atoms with E-state index in [-0.39, 0.29) is 22.7 Å².